The molecule has 1 saturated heterocycles. The summed E-state index contributed by atoms with van der Waals surface area (Å²) in [5.74, 6) is 1.01. The van der Waals surface area contributed by atoms with E-state index < -0.39 is 4.92 Å². The van der Waals surface area contributed by atoms with Gasteiger partial charge in [0.25, 0.3) is 11.6 Å². The molecule has 2 aromatic carbocycles. The van der Waals surface area contributed by atoms with Crippen molar-refractivity contribution in [3.63, 3.8) is 0 Å². The molecule has 136 valence electrons. The molecule has 0 aliphatic carbocycles. The molecule has 1 aliphatic rings. The molecule has 3 rings (SSSR count). The van der Waals surface area contributed by atoms with Crippen LogP contribution in [0.1, 0.15) is 15.9 Å². The lowest BCUT2D eigenvalue weighted by Crippen LogP contribution is -2.48. The molecule has 1 fully saturated rings. The lowest BCUT2D eigenvalue weighted by Gasteiger charge is -2.36. The number of hydrogen-bond acceptors (Lipinski definition) is 5. The molecule has 1 amide bonds. The molecular formula is C19H21N3O3S. The number of thioether (sulfide) groups is 1. The first-order chi connectivity index (χ1) is 12.6. The van der Waals surface area contributed by atoms with Gasteiger partial charge in [0.15, 0.2) is 0 Å². The Kier molecular flexibility index (Phi) is 5.78. The number of carbonyl (C=O) groups excluding carboxylic acids is 1. The van der Waals surface area contributed by atoms with Gasteiger partial charge in [0.2, 0.25) is 0 Å². The second kappa shape index (κ2) is 8.23. The molecule has 0 N–H and O–H groups in total. The maximum Gasteiger partial charge on any atom is 0.269 e. The Morgan fingerprint density at radius 3 is 2.19 bits per heavy atom. The maximum absolute atomic E-state index is 12.7. The molecule has 0 saturated carbocycles. The van der Waals surface area contributed by atoms with Crippen molar-refractivity contribution in [2.75, 3.05) is 37.3 Å². The highest BCUT2D eigenvalue weighted by molar-refractivity contribution is 7.97. The summed E-state index contributed by atoms with van der Waals surface area (Å²) < 4.78 is 0. The Bertz CT molecular complexity index is 770. The molecule has 2 aromatic rings. The average molecular weight is 371 g/mol. The van der Waals surface area contributed by atoms with E-state index in [2.05, 4.69) is 11.2 Å². The highest BCUT2D eigenvalue weighted by Gasteiger charge is 2.22. The first-order valence-electron chi connectivity index (χ1n) is 8.45. The van der Waals surface area contributed by atoms with Crippen molar-refractivity contribution in [1.29, 1.82) is 0 Å². The van der Waals surface area contributed by atoms with Crippen LogP contribution in [0.4, 0.5) is 11.4 Å². The molecule has 1 heterocycles. The lowest BCUT2D eigenvalue weighted by molar-refractivity contribution is -0.384. The molecule has 0 spiro atoms. The largest absolute Gasteiger partial charge is 0.368 e. The molecular weight excluding hydrogens is 350 g/mol. The van der Waals surface area contributed by atoms with Gasteiger partial charge < -0.3 is 9.80 Å². The first-order valence-corrected chi connectivity index (χ1v) is 9.84. The number of hydrogen-bond donors (Lipinski definition) is 0. The number of rotatable bonds is 5. The molecule has 7 heteroatoms. The van der Waals surface area contributed by atoms with E-state index in [-0.39, 0.29) is 11.6 Å². The van der Waals surface area contributed by atoms with Crippen LogP contribution in [0.15, 0.2) is 48.5 Å². The van der Waals surface area contributed by atoms with Gasteiger partial charge in [-0.15, -0.1) is 0 Å². The van der Waals surface area contributed by atoms with Gasteiger partial charge in [-0.05, 0) is 36.1 Å². The van der Waals surface area contributed by atoms with E-state index in [9.17, 15) is 14.9 Å². The highest BCUT2D eigenvalue weighted by atomic mass is 32.2. The van der Waals surface area contributed by atoms with Gasteiger partial charge >= 0.3 is 0 Å². The zero-order chi connectivity index (χ0) is 18.5. The fraction of sp³-hybridized carbons (Fsp3) is 0.316. The van der Waals surface area contributed by atoms with Crippen LogP contribution in [0.3, 0.4) is 0 Å². The third-order valence-electron chi connectivity index (χ3n) is 4.50. The number of piperazine rings is 1. The van der Waals surface area contributed by atoms with Crippen LogP contribution >= 0.6 is 11.8 Å². The third-order valence-corrected chi connectivity index (χ3v) is 5.13. The third kappa shape index (κ3) is 4.16. The van der Waals surface area contributed by atoms with Crippen LogP contribution in [-0.4, -0.2) is 48.2 Å². The number of nitrogens with zero attached hydrogens (tertiary/aromatic N) is 3. The summed E-state index contributed by atoms with van der Waals surface area (Å²) in [5, 5.41) is 10.7. The Balaban J connectivity index is 1.59. The van der Waals surface area contributed by atoms with Crippen LogP contribution in [0.25, 0.3) is 0 Å². The lowest BCUT2D eigenvalue weighted by atomic mass is 10.1. The summed E-state index contributed by atoms with van der Waals surface area (Å²) in [4.78, 5) is 27.0. The number of nitro benzene ring substituents is 1. The minimum Gasteiger partial charge on any atom is -0.368 e. The second-order valence-corrected chi connectivity index (χ2v) is 7.05. The van der Waals surface area contributed by atoms with Crippen LogP contribution in [-0.2, 0) is 5.75 Å². The molecule has 0 aromatic heterocycles. The minimum absolute atomic E-state index is 0.0593. The predicted molar refractivity (Wildman–Crippen MR) is 105 cm³/mol. The summed E-state index contributed by atoms with van der Waals surface area (Å²) in [6, 6.07) is 14.4. The van der Waals surface area contributed by atoms with E-state index in [1.807, 2.05) is 29.2 Å². The molecule has 6 nitrogen and oxygen atoms in total. The Morgan fingerprint density at radius 1 is 1.04 bits per heavy atom. The Hall–Kier alpha value is -2.54. The molecule has 0 bridgehead atoms. The number of nitro groups is 1. The average Bonchev–Trinajstić information content (AvgIpc) is 2.68. The van der Waals surface area contributed by atoms with Gasteiger partial charge in [0, 0.05) is 55.3 Å². The van der Waals surface area contributed by atoms with Gasteiger partial charge in [0.1, 0.15) is 0 Å². The maximum atomic E-state index is 12.7. The predicted octanol–water partition coefficient (Wildman–Crippen LogP) is 3.42. The van der Waals surface area contributed by atoms with Gasteiger partial charge in [-0.3, -0.25) is 14.9 Å². The summed E-state index contributed by atoms with van der Waals surface area (Å²) in [6.07, 6.45) is 2.06. The van der Waals surface area contributed by atoms with Crippen molar-refractivity contribution >= 4 is 29.0 Å². The zero-order valence-corrected chi connectivity index (χ0v) is 15.4. The van der Waals surface area contributed by atoms with Crippen LogP contribution in [0.2, 0.25) is 0 Å². The summed E-state index contributed by atoms with van der Waals surface area (Å²) in [6.45, 7) is 2.72. The number of amides is 1. The molecule has 0 unspecified atom stereocenters. The quantitative estimate of drug-likeness (QED) is 0.595. The van der Waals surface area contributed by atoms with Gasteiger partial charge in [-0.1, -0.05) is 12.1 Å². The van der Waals surface area contributed by atoms with Crippen LogP contribution in [0, 0.1) is 10.1 Å². The van der Waals surface area contributed by atoms with Crippen LogP contribution < -0.4 is 4.90 Å². The van der Waals surface area contributed by atoms with E-state index >= 15 is 0 Å². The number of benzene rings is 2. The zero-order valence-electron chi connectivity index (χ0n) is 14.6. The van der Waals surface area contributed by atoms with E-state index in [0.29, 0.717) is 26.2 Å². The smallest absolute Gasteiger partial charge is 0.269 e. The van der Waals surface area contributed by atoms with Gasteiger partial charge in [-0.2, -0.15) is 11.8 Å². The van der Waals surface area contributed by atoms with Gasteiger partial charge in [0.05, 0.1) is 4.92 Å². The summed E-state index contributed by atoms with van der Waals surface area (Å²) >= 11 is 1.76. The standard InChI is InChI=1S/C19H21N3O3S/c1-26-14-15-2-4-16(5-3-15)19(23)21-12-10-20(11-13-21)17-6-8-18(9-7-17)22(24)25/h2-9H,10-14H2,1H3. The molecule has 0 atom stereocenters. The van der Waals surface area contributed by atoms with E-state index in [0.717, 1.165) is 17.0 Å². The monoisotopic (exact) mass is 371 g/mol. The first kappa shape index (κ1) is 18.3. The fourth-order valence-electron chi connectivity index (χ4n) is 3.05. The van der Waals surface area contributed by atoms with Crippen molar-refractivity contribution in [2.45, 2.75) is 5.75 Å². The normalized spacial score (nSPS) is 14.3. The SMILES string of the molecule is CSCc1ccc(C(=O)N2CCN(c3ccc([N+](=O)[O-])cc3)CC2)cc1. The summed E-state index contributed by atoms with van der Waals surface area (Å²) in [5.41, 5.74) is 2.98. The highest BCUT2D eigenvalue weighted by Crippen LogP contribution is 2.21. The van der Waals surface area contributed by atoms with E-state index in [1.54, 1.807) is 23.9 Å². The van der Waals surface area contributed by atoms with Crippen molar-refractivity contribution in [1.82, 2.24) is 4.90 Å². The molecule has 26 heavy (non-hydrogen) atoms. The van der Waals surface area contributed by atoms with Crippen molar-refractivity contribution in [3.05, 3.63) is 69.8 Å². The number of anilines is 1. The van der Waals surface area contributed by atoms with Crippen LogP contribution in [0.5, 0.6) is 0 Å². The molecule has 1 aliphatic heterocycles. The Morgan fingerprint density at radius 2 is 1.65 bits per heavy atom. The summed E-state index contributed by atoms with van der Waals surface area (Å²) in [7, 11) is 0. The van der Waals surface area contributed by atoms with E-state index in [4.69, 9.17) is 0 Å². The topological polar surface area (TPSA) is 66.7 Å². The molecule has 0 radical (unpaired) electrons. The number of non-ortho nitro benzene ring substituents is 1. The Labute approximate surface area is 156 Å². The van der Waals surface area contributed by atoms with E-state index in [1.165, 1.54) is 17.7 Å². The fourth-order valence-corrected chi connectivity index (χ4v) is 3.57. The minimum atomic E-state index is -0.398. The van der Waals surface area contributed by atoms with Crippen molar-refractivity contribution in [2.24, 2.45) is 0 Å². The van der Waals surface area contributed by atoms with Gasteiger partial charge in [-0.25, -0.2) is 0 Å². The van der Waals surface area contributed by atoms with Crippen molar-refractivity contribution < 1.29 is 9.72 Å². The number of carbonyl (C=O) groups is 1. The second-order valence-electron chi connectivity index (χ2n) is 6.18. The van der Waals surface area contributed by atoms with Crippen molar-refractivity contribution in [3.8, 4) is 0 Å².